The Morgan fingerprint density at radius 2 is 2.00 bits per heavy atom. The molecule has 2 heterocycles. The van der Waals surface area contributed by atoms with Crippen LogP contribution >= 0.6 is 0 Å². The fourth-order valence-electron chi connectivity index (χ4n) is 4.31. The molecule has 0 bridgehead atoms. The average molecular weight is 412 g/mol. The monoisotopic (exact) mass is 412 g/mol. The first-order valence-electron chi connectivity index (χ1n) is 10.6. The van der Waals surface area contributed by atoms with Gasteiger partial charge in [-0.25, -0.2) is 4.98 Å². The summed E-state index contributed by atoms with van der Waals surface area (Å²) >= 11 is 0. The molecule has 0 saturated heterocycles. The van der Waals surface area contributed by atoms with E-state index in [1.807, 2.05) is 24.3 Å². The Hall–Kier alpha value is -3.74. The Kier molecular flexibility index (Phi) is 4.86. The molecule has 0 radical (unpaired) electrons. The van der Waals surface area contributed by atoms with Crippen LogP contribution in [0.1, 0.15) is 52.9 Å². The van der Waals surface area contributed by atoms with Crippen molar-refractivity contribution >= 4 is 22.6 Å². The van der Waals surface area contributed by atoms with Crippen LogP contribution in [0.25, 0.3) is 16.9 Å². The zero-order valence-electron chi connectivity index (χ0n) is 17.4. The lowest BCUT2D eigenvalue weighted by Gasteiger charge is -2.24. The summed E-state index contributed by atoms with van der Waals surface area (Å²) in [6.45, 7) is 2.89. The van der Waals surface area contributed by atoms with Crippen molar-refractivity contribution in [3.05, 3.63) is 77.1 Å². The van der Waals surface area contributed by atoms with Crippen molar-refractivity contribution in [3.8, 4) is 5.95 Å². The van der Waals surface area contributed by atoms with E-state index >= 15 is 0 Å². The Labute approximate surface area is 180 Å². The second kappa shape index (κ2) is 7.83. The minimum Gasteiger partial charge on any atom is -0.366 e. The number of anilines is 1. The fraction of sp³-hybridized carbons (Fsp3) is 0.250. The van der Waals surface area contributed by atoms with Gasteiger partial charge < -0.3 is 11.1 Å². The molecule has 1 unspecified atom stereocenters. The molecule has 1 aliphatic carbocycles. The van der Waals surface area contributed by atoms with E-state index in [-0.39, 0.29) is 0 Å². The van der Waals surface area contributed by atoms with Crippen LogP contribution in [-0.2, 0) is 13.0 Å². The number of benzene rings is 2. The van der Waals surface area contributed by atoms with E-state index in [1.165, 1.54) is 11.1 Å². The first-order valence-corrected chi connectivity index (χ1v) is 10.6. The summed E-state index contributed by atoms with van der Waals surface area (Å²) in [6, 6.07) is 15.7. The second-order valence-electron chi connectivity index (χ2n) is 8.03. The van der Waals surface area contributed by atoms with Crippen LogP contribution in [0, 0.1) is 0 Å². The maximum absolute atomic E-state index is 11.8. The standard InChI is InChI=1S/C24H24N6O/c1-15-7-5-11-18-21(15)28-24(29-23(18)26-13-16-8-3-2-4-9-16)30-20-12-6-10-17(22(25)31)19(20)14-27-30/h2-4,6,8-10,12,14-15H,5,7,11,13H2,1H3,(H2,25,31)(H,26,28,29). The summed E-state index contributed by atoms with van der Waals surface area (Å²) in [5, 5.41) is 8.72. The maximum atomic E-state index is 11.8. The quantitative estimate of drug-likeness (QED) is 0.517. The molecule has 2 aromatic carbocycles. The van der Waals surface area contributed by atoms with Crippen molar-refractivity contribution in [3.63, 3.8) is 0 Å². The number of nitrogens with zero attached hydrogens (tertiary/aromatic N) is 4. The number of nitrogens with one attached hydrogen (secondary N) is 1. The van der Waals surface area contributed by atoms with Gasteiger partial charge in [0.25, 0.3) is 5.95 Å². The van der Waals surface area contributed by atoms with Gasteiger partial charge in [-0.3, -0.25) is 4.79 Å². The molecule has 1 amide bonds. The molecular weight excluding hydrogens is 388 g/mol. The number of primary amides is 1. The van der Waals surface area contributed by atoms with E-state index in [2.05, 4.69) is 29.5 Å². The zero-order valence-corrected chi connectivity index (χ0v) is 17.4. The molecule has 1 aliphatic rings. The molecule has 3 N–H and O–H groups in total. The van der Waals surface area contributed by atoms with Crippen LogP contribution in [0.2, 0.25) is 0 Å². The number of fused-ring (bicyclic) bond motifs is 2. The van der Waals surface area contributed by atoms with Crippen LogP contribution in [0.5, 0.6) is 0 Å². The van der Waals surface area contributed by atoms with Crippen LogP contribution in [0.4, 0.5) is 5.82 Å². The lowest BCUT2D eigenvalue weighted by Crippen LogP contribution is -2.18. The van der Waals surface area contributed by atoms with Gasteiger partial charge in [0.1, 0.15) is 5.82 Å². The number of rotatable bonds is 5. The van der Waals surface area contributed by atoms with Crippen molar-refractivity contribution in [2.45, 2.75) is 38.6 Å². The molecule has 7 heteroatoms. The van der Waals surface area contributed by atoms with Crippen LogP contribution < -0.4 is 11.1 Å². The molecule has 5 rings (SSSR count). The first-order chi connectivity index (χ1) is 15.1. The number of carbonyl (C=O) groups is 1. The van der Waals surface area contributed by atoms with Gasteiger partial charge in [0.15, 0.2) is 0 Å². The maximum Gasteiger partial charge on any atom is 0.253 e. The Morgan fingerprint density at radius 1 is 1.16 bits per heavy atom. The smallest absolute Gasteiger partial charge is 0.253 e. The number of amides is 1. The summed E-state index contributed by atoms with van der Waals surface area (Å²) in [6.07, 6.45) is 4.85. The Morgan fingerprint density at radius 3 is 2.81 bits per heavy atom. The van der Waals surface area contributed by atoms with Crippen molar-refractivity contribution < 1.29 is 4.79 Å². The third-order valence-corrected chi connectivity index (χ3v) is 5.93. The third-order valence-electron chi connectivity index (χ3n) is 5.93. The molecule has 156 valence electrons. The van der Waals surface area contributed by atoms with Gasteiger partial charge in [-0.2, -0.15) is 14.8 Å². The summed E-state index contributed by atoms with van der Waals surface area (Å²) in [7, 11) is 0. The van der Waals surface area contributed by atoms with E-state index in [9.17, 15) is 4.79 Å². The summed E-state index contributed by atoms with van der Waals surface area (Å²) in [4.78, 5) is 21.6. The fourth-order valence-corrected chi connectivity index (χ4v) is 4.31. The summed E-state index contributed by atoms with van der Waals surface area (Å²) < 4.78 is 1.69. The van der Waals surface area contributed by atoms with Gasteiger partial charge in [-0.1, -0.05) is 43.3 Å². The largest absolute Gasteiger partial charge is 0.366 e. The van der Waals surface area contributed by atoms with Gasteiger partial charge in [-0.05, 0) is 42.9 Å². The minimum atomic E-state index is -0.477. The van der Waals surface area contributed by atoms with Gasteiger partial charge in [0.2, 0.25) is 5.91 Å². The van der Waals surface area contributed by atoms with E-state index in [0.717, 1.165) is 36.3 Å². The average Bonchev–Trinajstić information content (AvgIpc) is 3.22. The third kappa shape index (κ3) is 3.52. The van der Waals surface area contributed by atoms with E-state index < -0.39 is 5.91 Å². The number of aromatic nitrogens is 4. The molecule has 7 nitrogen and oxygen atoms in total. The predicted octanol–water partition coefficient (Wildman–Crippen LogP) is 3.97. The van der Waals surface area contributed by atoms with Gasteiger partial charge >= 0.3 is 0 Å². The highest BCUT2D eigenvalue weighted by Gasteiger charge is 2.24. The van der Waals surface area contributed by atoms with Gasteiger partial charge in [-0.15, -0.1) is 0 Å². The number of carbonyl (C=O) groups excluding carboxylic acids is 1. The highest BCUT2D eigenvalue weighted by Crippen LogP contribution is 2.34. The van der Waals surface area contributed by atoms with Crippen LogP contribution in [0.15, 0.2) is 54.7 Å². The van der Waals surface area contributed by atoms with Gasteiger partial charge in [0.05, 0.1) is 23.0 Å². The highest BCUT2D eigenvalue weighted by atomic mass is 16.1. The van der Waals surface area contributed by atoms with Crippen molar-refractivity contribution in [2.75, 3.05) is 5.32 Å². The molecule has 0 aliphatic heterocycles. The van der Waals surface area contributed by atoms with E-state index in [1.54, 1.807) is 23.0 Å². The molecule has 2 aromatic heterocycles. The van der Waals surface area contributed by atoms with Crippen molar-refractivity contribution in [2.24, 2.45) is 5.73 Å². The van der Waals surface area contributed by atoms with Gasteiger partial charge in [0, 0.05) is 17.5 Å². The van der Waals surface area contributed by atoms with E-state index in [0.29, 0.717) is 29.4 Å². The zero-order chi connectivity index (χ0) is 21.4. The molecule has 4 aromatic rings. The second-order valence-corrected chi connectivity index (χ2v) is 8.03. The SMILES string of the molecule is CC1CCCc2c(NCc3ccccc3)nc(-n3ncc4c(C(N)=O)cccc43)nc21. The normalized spacial score (nSPS) is 15.6. The number of hydrogen-bond acceptors (Lipinski definition) is 5. The summed E-state index contributed by atoms with van der Waals surface area (Å²) in [5.74, 6) is 1.23. The molecule has 31 heavy (non-hydrogen) atoms. The molecule has 0 spiro atoms. The topological polar surface area (TPSA) is 98.7 Å². The Bertz CT molecular complexity index is 1260. The van der Waals surface area contributed by atoms with E-state index in [4.69, 9.17) is 15.7 Å². The molecule has 0 fully saturated rings. The van der Waals surface area contributed by atoms with Crippen LogP contribution in [-0.4, -0.2) is 25.7 Å². The minimum absolute atomic E-state index is 0.353. The highest BCUT2D eigenvalue weighted by molar-refractivity contribution is 6.05. The molecule has 0 saturated carbocycles. The molecule has 1 atom stereocenters. The Balaban J connectivity index is 1.61. The number of hydrogen-bond donors (Lipinski definition) is 2. The lowest BCUT2D eigenvalue weighted by molar-refractivity contribution is 0.100. The molecular formula is C24H24N6O. The van der Waals surface area contributed by atoms with Crippen molar-refractivity contribution in [1.82, 2.24) is 19.7 Å². The lowest BCUT2D eigenvalue weighted by atomic mass is 9.88. The first kappa shape index (κ1) is 19.2. The summed E-state index contributed by atoms with van der Waals surface area (Å²) in [5.41, 5.74) is 10.2. The number of nitrogens with two attached hydrogens (primary N) is 1. The predicted molar refractivity (Wildman–Crippen MR) is 120 cm³/mol. The van der Waals surface area contributed by atoms with Crippen molar-refractivity contribution in [1.29, 1.82) is 0 Å². The van der Waals surface area contributed by atoms with Crippen LogP contribution in [0.3, 0.4) is 0 Å².